The Morgan fingerprint density at radius 1 is 1.44 bits per heavy atom. The van der Waals surface area contributed by atoms with Crippen molar-refractivity contribution in [3.63, 3.8) is 0 Å². The molecule has 0 amide bonds. The Kier molecular flexibility index (Phi) is 3.13. The summed E-state index contributed by atoms with van der Waals surface area (Å²) < 4.78 is 0. The van der Waals surface area contributed by atoms with E-state index in [0.717, 1.165) is 20.4 Å². The van der Waals surface area contributed by atoms with Gasteiger partial charge in [-0.25, -0.2) is 0 Å². The molecule has 1 aromatic heterocycles. The number of hydrogen-bond acceptors (Lipinski definition) is 4. The quantitative estimate of drug-likeness (QED) is 0.899. The molecule has 0 fully saturated rings. The van der Waals surface area contributed by atoms with Crippen molar-refractivity contribution in [2.75, 3.05) is 5.75 Å². The van der Waals surface area contributed by atoms with Gasteiger partial charge in [0, 0.05) is 20.4 Å². The van der Waals surface area contributed by atoms with Crippen molar-refractivity contribution in [2.45, 2.75) is 5.41 Å². The van der Waals surface area contributed by atoms with Gasteiger partial charge in [-0.15, -0.1) is 23.1 Å². The maximum Gasteiger partial charge on any atom is 0.324 e. The van der Waals surface area contributed by atoms with Gasteiger partial charge < -0.3 is 5.11 Å². The molecule has 0 saturated heterocycles. The highest BCUT2D eigenvalue weighted by molar-refractivity contribution is 8.08. The molecule has 1 aromatic rings. The van der Waals surface area contributed by atoms with Gasteiger partial charge in [0.25, 0.3) is 0 Å². The van der Waals surface area contributed by atoms with Gasteiger partial charge in [0.05, 0.1) is 0 Å². The Morgan fingerprint density at radius 2 is 2.33 bits per heavy atom. The van der Waals surface area contributed by atoms with Crippen LogP contribution in [-0.4, -0.2) is 16.8 Å². The van der Waals surface area contributed by atoms with Crippen molar-refractivity contribution < 1.29 is 9.90 Å². The lowest BCUT2D eigenvalue weighted by molar-refractivity contribution is -0.140. The summed E-state index contributed by atoms with van der Waals surface area (Å²) in [5, 5.41) is 13.6. The van der Waals surface area contributed by atoms with Gasteiger partial charge in [-0.2, -0.15) is 0 Å². The summed E-state index contributed by atoms with van der Waals surface area (Å²) in [5.41, 5.74) is -0.976. The first-order valence-electron chi connectivity index (χ1n) is 5.41. The number of hydrogen-bond donors (Lipinski definition) is 1. The lowest BCUT2D eigenvalue weighted by atomic mass is 9.85. The molecular weight excluding hydrogens is 284 g/mol. The SMILES string of the molecule is O=C(O)C1(c2cccs2)C=CSC1=C1C=CCS1. The van der Waals surface area contributed by atoms with Gasteiger partial charge in [-0.05, 0) is 16.9 Å². The van der Waals surface area contributed by atoms with Crippen LogP contribution in [0.2, 0.25) is 0 Å². The van der Waals surface area contributed by atoms with E-state index in [2.05, 4.69) is 6.08 Å². The molecule has 3 rings (SSSR count). The average Bonchev–Trinajstić information content (AvgIpc) is 3.10. The number of aliphatic carboxylic acids is 1. The zero-order valence-electron chi connectivity index (χ0n) is 9.33. The van der Waals surface area contributed by atoms with Crippen LogP contribution < -0.4 is 0 Å². The summed E-state index contributed by atoms with van der Waals surface area (Å²) >= 11 is 4.73. The van der Waals surface area contributed by atoms with Crippen molar-refractivity contribution in [1.29, 1.82) is 0 Å². The Bertz CT molecular complexity index is 569. The fourth-order valence-electron chi connectivity index (χ4n) is 2.08. The van der Waals surface area contributed by atoms with E-state index in [0.29, 0.717) is 0 Å². The van der Waals surface area contributed by atoms with Crippen LogP contribution in [0.15, 0.2) is 51.0 Å². The molecule has 0 bridgehead atoms. The van der Waals surface area contributed by atoms with Gasteiger partial charge in [0.1, 0.15) is 0 Å². The second-order valence-corrected chi connectivity index (χ2v) is 6.84. The molecule has 0 aliphatic carbocycles. The summed E-state index contributed by atoms with van der Waals surface area (Å²) in [5.74, 6) is 0.133. The van der Waals surface area contributed by atoms with Gasteiger partial charge in [-0.3, -0.25) is 4.79 Å². The molecule has 1 unspecified atom stereocenters. The normalized spacial score (nSPS) is 30.2. The predicted molar refractivity (Wildman–Crippen MR) is 79.0 cm³/mol. The van der Waals surface area contributed by atoms with Crippen LogP contribution >= 0.6 is 34.9 Å². The highest BCUT2D eigenvalue weighted by atomic mass is 32.2. The van der Waals surface area contributed by atoms with Crippen LogP contribution in [0.4, 0.5) is 0 Å². The maximum atomic E-state index is 11.9. The first-order valence-corrected chi connectivity index (χ1v) is 8.15. The van der Waals surface area contributed by atoms with E-state index in [1.807, 2.05) is 29.0 Å². The molecule has 1 N–H and O–H groups in total. The highest BCUT2D eigenvalue weighted by Crippen LogP contribution is 2.52. The van der Waals surface area contributed by atoms with E-state index in [-0.39, 0.29) is 0 Å². The Morgan fingerprint density at radius 3 is 2.94 bits per heavy atom. The van der Waals surface area contributed by atoms with Crippen LogP contribution in [0.5, 0.6) is 0 Å². The molecule has 3 heterocycles. The minimum Gasteiger partial charge on any atom is -0.480 e. The Hall–Kier alpha value is -0.910. The van der Waals surface area contributed by atoms with E-state index in [9.17, 15) is 9.90 Å². The summed E-state index contributed by atoms with van der Waals surface area (Å²) in [6.45, 7) is 0. The third-order valence-electron chi connectivity index (χ3n) is 2.94. The largest absolute Gasteiger partial charge is 0.480 e. The first kappa shape index (κ1) is 12.1. The Labute approximate surface area is 117 Å². The molecule has 0 spiro atoms. The van der Waals surface area contributed by atoms with E-state index in [1.165, 1.54) is 23.1 Å². The molecule has 1 atom stereocenters. The van der Waals surface area contributed by atoms with Crippen molar-refractivity contribution in [3.05, 3.63) is 55.8 Å². The highest BCUT2D eigenvalue weighted by Gasteiger charge is 2.47. The number of carbonyl (C=O) groups is 1. The van der Waals surface area contributed by atoms with Crippen LogP contribution in [0, 0.1) is 0 Å². The smallest absolute Gasteiger partial charge is 0.324 e. The van der Waals surface area contributed by atoms with Crippen LogP contribution in [0.3, 0.4) is 0 Å². The predicted octanol–water partition coefficient (Wildman–Crippen LogP) is 3.85. The molecule has 18 heavy (non-hydrogen) atoms. The van der Waals surface area contributed by atoms with Crippen LogP contribution in [0.1, 0.15) is 4.88 Å². The molecule has 0 aromatic carbocycles. The number of thiophene rings is 1. The fourth-order valence-corrected chi connectivity index (χ4v) is 5.27. The minimum atomic E-state index is -0.976. The minimum absolute atomic E-state index is 0.797. The summed E-state index contributed by atoms with van der Waals surface area (Å²) in [6.07, 6.45) is 5.92. The number of thioether (sulfide) groups is 2. The van der Waals surface area contributed by atoms with Gasteiger partial charge >= 0.3 is 5.97 Å². The summed E-state index contributed by atoms with van der Waals surface area (Å²) in [7, 11) is 0. The maximum absolute atomic E-state index is 11.9. The number of carboxylic acids is 1. The second kappa shape index (κ2) is 4.64. The second-order valence-electron chi connectivity index (χ2n) is 3.92. The van der Waals surface area contributed by atoms with Gasteiger partial charge in [-0.1, -0.05) is 36.1 Å². The number of carboxylic acid groups (broad SMARTS) is 1. The van der Waals surface area contributed by atoms with Crippen molar-refractivity contribution in [3.8, 4) is 0 Å². The average molecular weight is 294 g/mol. The lowest BCUT2D eigenvalue weighted by Gasteiger charge is -2.24. The van der Waals surface area contributed by atoms with Gasteiger partial charge in [0.15, 0.2) is 5.41 Å². The molecule has 2 nitrogen and oxygen atoms in total. The number of rotatable bonds is 2. The zero-order chi connectivity index (χ0) is 12.6. The topological polar surface area (TPSA) is 37.3 Å². The molecule has 2 aliphatic rings. The van der Waals surface area contributed by atoms with E-state index < -0.39 is 11.4 Å². The molecule has 2 aliphatic heterocycles. The zero-order valence-corrected chi connectivity index (χ0v) is 11.8. The molecule has 92 valence electrons. The molecule has 5 heteroatoms. The van der Waals surface area contributed by atoms with Gasteiger partial charge in [0.2, 0.25) is 0 Å². The lowest BCUT2D eigenvalue weighted by Crippen LogP contribution is -2.32. The van der Waals surface area contributed by atoms with Crippen molar-refractivity contribution in [1.82, 2.24) is 0 Å². The van der Waals surface area contributed by atoms with Crippen molar-refractivity contribution in [2.24, 2.45) is 0 Å². The Balaban J connectivity index is 2.20. The first-order chi connectivity index (χ1) is 8.75. The van der Waals surface area contributed by atoms with Crippen molar-refractivity contribution >= 4 is 40.8 Å². The molecule has 0 radical (unpaired) electrons. The monoisotopic (exact) mass is 294 g/mol. The number of allylic oxidation sites excluding steroid dienone is 1. The van der Waals surface area contributed by atoms with Crippen LogP contribution in [0.25, 0.3) is 0 Å². The third-order valence-corrected chi connectivity index (χ3v) is 6.13. The van der Waals surface area contributed by atoms with E-state index in [1.54, 1.807) is 17.8 Å². The fraction of sp³-hybridized carbons (Fsp3) is 0.154. The summed E-state index contributed by atoms with van der Waals surface area (Å²) in [6, 6.07) is 3.81. The van der Waals surface area contributed by atoms with Crippen LogP contribution in [-0.2, 0) is 10.2 Å². The standard InChI is InChI=1S/C13H10O2S3/c14-12(15)13(10-4-2-7-17-10)5-8-18-11(13)9-3-1-6-16-9/h1-5,7-8H,6H2,(H,14,15). The molecular formula is C13H10O2S3. The molecule has 0 saturated carbocycles. The van der Waals surface area contributed by atoms with E-state index in [4.69, 9.17) is 0 Å². The van der Waals surface area contributed by atoms with E-state index >= 15 is 0 Å². The summed E-state index contributed by atoms with van der Waals surface area (Å²) in [4.78, 5) is 14.7. The third kappa shape index (κ3) is 1.69.